The van der Waals surface area contributed by atoms with E-state index in [-0.39, 0.29) is 17.1 Å². The molecule has 7 heteroatoms. The molecule has 0 aliphatic carbocycles. The van der Waals surface area contributed by atoms with E-state index in [0.717, 1.165) is 5.56 Å². The topological polar surface area (TPSA) is 96.1 Å². The minimum atomic E-state index is -0.445. The zero-order valence-electron chi connectivity index (χ0n) is 16.2. The van der Waals surface area contributed by atoms with Crippen LogP contribution in [0.15, 0.2) is 47.4 Å². The number of amides is 1. The first-order valence-corrected chi connectivity index (χ1v) is 9.23. The number of benzene rings is 1. The molecule has 7 nitrogen and oxygen atoms in total. The lowest BCUT2D eigenvalue weighted by Gasteiger charge is -2.11. The predicted molar refractivity (Wildman–Crippen MR) is 109 cm³/mol. The number of nitrogens with zero attached hydrogens (tertiary/aromatic N) is 1. The first-order valence-electron chi connectivity index (χ1n) is 9.23. The third-order valence-electron chi connectivity index (χ3n) is 4.60. The molecule has 0 bridgehead atoms. The first-order chi connectivity index (χ1) is 13.5. The Labute approximate surface area is 163 Å². The molecule has 0 fully saturated rings. The van der Waals surface area contributed by atoms with Gasteiger partial charge in [-0.05, 0) is 38.1 Å². The number of ether oxygens (including phenoxy) is 1. The lowest BCUT2D eigenvalue weighted by Crippen LogP contribution is -2.28. The Hall–Kier alpha value is -3.19. The van der Waals surface area contributed by atoms with Crippen molar-refractivity contribution in [1.29, 1.82) is 0 Å². The average Bonchev–Trinajstić information content (AvgIpc) is 2.72. The summed E-state index contributed by atoms with van der Waals surface area (Å²) in [4.78, 5) is 32.4. The highest BCUT2D eigenvalue weighted by atomic mass is 16.5. The normalized spacial score (nSPS) is 12.0. The van der Waals surface area contributed by atoms with Crippen molar-refractivity contribution in [2.75, 3.05) is 13.7 Å². The number of carbonyl (C=O) groups excluding carboxylic acids is 1. The molecule has 146 valence electrons. The summed E-state index contributed by atoms with van der Waals surface area (Å²) in [5.41, 5.74) is 2.46. The van der Waals surface area contributed by atoms with Crippen molar-refractivity contribution in [2.24, 2.45) is 0 Å². The van der Waals surface area contributed by atoms with Gasteiger partial charge in [0.05, 0.1) is 12.1 Å². The van der Waals surface area contributed by atoms with Crippen LogP contribution in [0.5, 0.6) is 5.88 Å². The van der Waals surface area contributed by atoms with Crippen molar-refractivity contribution in [3.63, 3.8) is 0 Å². The molecule has 0 spiro atoms. The number of hydrogen-bond donors (Lipinski definition) is 3. The number of hydrogen-bond acceptors (Lipinski definition) is 5. The Morgan fingerprint density at radius 1 is 1.21 bits per heavy atom. The fourth-order valence-electron chi connectivity index (χ4n) is 2.84. The summed E-state index contributed by atoms with van der Waals surface area (Å²) in [6.07, 6.45) is 1.42. The quantitative estimate of drug-likeness (QED) is 0.585. The van der Waals surface area contributed by atoms with Gasteiger partial charge in [0, 0.05) is 24.8 Å². The Morgan fingerprint density at radius 3 is 2.64 bits per heavy atom. The van der Waals surface area contributed by atoms with E-state index in [9.17, 15) is 9.59 Å². The van der Waals surface area contributed by atoms with Gasteiger partial charge in [-0.2, -0.15) is 0 Å². The van der Waals surface area contributed by atoms with Gasteiger partial charge in [-0.15, -0.1) is 0 Å². The molecule has 1 aromatic carbocycles. The van der Waals surface area contributed by atoms with Crippen LogP contribution < -0.4 is 20.8 Å². The van der Waals surface area contributed by atoms with Crippen molar-refractivity contribution in [2.45, 2.75) is 26.4 Å². The van der Waals surface area contributed by atoms with Gasteiger partial charge in [0.2, 0.25) is 11.3 Å². The smallest absolute Gasteiger partial charge is 0.257 e. The number of pyridine rings is 2. The summed E-state index contributed by atoms with van der Waals surface area (Å²) >= 11 is 0. The molecule has 1 atom stereocenters. The predicted octanol–water partition coefficient (Wildman–Crippen LogP) is 2.53. The number of fused-ring (bicyclic) bond motifs is 1. The highest BCUT2D eigenvalue weighted by Gasteiger charge is 2.14. The summed E-state index contributed by atoms with van der Waals surface area (Å²) in [6.45, 7) is 4.69. The first kappa shape index (κ1) is 19.6. The molecule has 0 aliphatic rings. The summed E-state index contributed by atoms with van der Waals surface area (Å²) in [7, 11) is 1.91. The van der Waals surface area contributed by atoms with Crippen LogP contribution >= 0.6 is 0 Å². The molecular weight excluding hydrogens is 356 g/mol. The average molecular weight is 380 g/mol. The largest absolute Gasteiger partial charge is 0.478 e. The molecule has 0 saturated heterocycles. The van der Waals surface area contributed by atoms with Crippen LogP contribution in [0, 0.1) is 0 Å². The third-order valence-corrected chi connectivity index (χ3v) is 4.60. The van der Waals surface area contributed by atoms with Gasteiger partial charge in [-0.3, -0.25) is 9.59 Å². The second kappa shape index (κ2) is 8.67. The maximum absolute atomic E-state index is 12.7. The number of rotatable bonds is 7. The van der Waals surface area contributed by atoms with E-state index in [1.807, 2.05) is 38.2 Å². The van der Waals surface area contributed by atoms with E-state index in [4.69, 9.17) is 4.74 Å². The molecule has 3 N–H and O–H groups in total. The van der Waals surface area contributed by atoms with Gasteiger partial charge in [0.15, 0.2) is 0 Å². The Morgan fingerprint density at radius 2 is 1.96 bits per heavy atom. The zero-order valence-corrected chi connectivity index (χ0v) is 16.2. The van der Waals surface area contributed by atoms with Gasteiger partial charge in [-0.25, -0.2) is 4.98 Å². The van der Waals surface area contributed by atoms with Gasteiger partial charge < -0.3 is 20.4 Å². The van der Waals surface area contributed by atoms with Gasteiger partial charge in [0.1, 0.15) is 11.1 Å². The van der Waals surface area contributed by atoms with Gasteiger partial charge in [-0.1, -0.05) is 24.3 Å². The fourth-order valence-corrected chi connectivity index (χ4v) is 2.84. The minimum absolute atomic E-state index is 0.0223. The molecule has 0 radical (unpaired) electrons. The Balaban J connectivity index is 1.76. The van der Waals surface area contributed by atoms with E-state index in [0.29, 0.717) is 24.5 Å². The standard InChI is InChI=1S/C21H24N4O3/c1-4-28-18-10-9-17-19(25-18)20(26)16(12-23-17)21(27)24-11-14-5-7-15(8-6-14)13(2)22-3/h5-10,12-13,22H,4,11H2,1-3H3,(H,23,26)(H,24,27). The highest BCUT2D eigenvalue weighted by molar-refractivity contribution is 5.96. The molecule has 0 saturated carbocycles. The van der Waals surface area contributed by atoms with E-state index in [1.54, 1.807) is 12.1 Å². The number of aromatic nitrogens is 2. The highest BCUT2D eigenvalue weighted by Crippen LogP contribution is 2.14. The Kier molecular flexibility index (Phi) is 6.06. The maximum Gasteiger partial charge on any atom is 0.257 e. The summed E-state index contributed by atoms with van der Waals surface area (Å²) < 4.78 is 5.34. The zero-order chi connectivity index (χ0) is 20.1. The lowest BCUT2D eigenvalue weighted by molar-refractivity contribution is 0.0949. The van der Waals surface area contributed by atoms with Crippen LogP contribution in [-0.2, 0) is 6.54 Å². The van der Waals surface area contributed by atoms with Crippen LogP contribution in [0.1, 0.15) is 41.4 Å². The summed E-state index contributed by atoms with van der Waals surface area (Å²) in [5.74, 6) is -0.0895. The number of carbonyl (C=O) groups is 1. The fraction of sp³-hybridized carbons (Fsp3) is 0.286. The molecule has 2 aromatic heterocycles. The molecule has 3 rings (SSSR count). The number of nitrogens with one attached hydrogen (secondary N) is 3. The number of aromatic amines is 1. The van der Waals surface area contributed by atoms with E-state index >= 15 is 0 Å². The Bertz CT molecular complexity index is 1030. The lowest BCUT2D eigenvalue weighted by atomic mass is 10.1. The molecular formula is C21H24N4O3. The van der Waals surface area contributed by atoms with Gasteiger partial charge >= 0.3 is 0 Å². The van der Waals surface area contributed by atoms with Crippen LogP contribution in [0.3, 0.4) is 0 Å². The van der Waals surface area contributed by atoms with Crippen molar-refractivity contribution < 1.29 is 9.53 Å². The second-order valence-corrected chi connectivity index (χ2v) is 6.44. The second-order valence-electron chi connectivity index (χ2n) is 6.44. The van der Waals surface area contributed by atoms with Crippen molar-refractivity contribution >= 4 is 16.9 Å². The molecule has 1 unspecified atom stereocenters. The van der Waals surface area contributed by atoms with Crippen molar-refractivity contribution in [1.82, 2.24) is 20.6 Å². The SMILES string of the molecule is CCOc1ccc2[nH]cc(C(=O)NCc3ccc(C(C)NC)cc3)c(=O)c2n1. The van der Waals surface area contributed by atoms with E-state index in [2.05, 4.69) is 27.5 Å². The van der Waals surface area contributed by atoms with E-state index in [1.165, 1.54) is 11.8 Å². The molecule has 3 aromatic rings. The summed E-state index contributed by atoms with van der Waals surface area (Å²) in [5, 5.41) is 5.97. The minimum Gasteiger partial charge on any atom is -0.478 e. The number of H-pyrrole nitrogens is 1. The van der Waals surface area contributed by atoms with Crippen LogP contribution in [0.2, 0.25) is 0 Å². The molecule has 0 aliphatic heterocycles. The molecule has 2 heterocycles. The maximum atomic E-state index is 12.7. The molecule has 1 amide bonds. The third kappa shape index (κ3) is 4.20. The van der Waals surface area contributed by atoms with Crippen LogP contribution in [0.25, 0.3) is 11.0 Å². The van der Waals surface area contributed by atoms with Crippen molar-refractivity contribution in [3.8, 4) is 5.88 Å². The van der Waals surface area contributed by atoms with E-state index < -0.39 is 11.3 Å². The van der Waals surface area contributed by atoms with Gasteiger partial charge in [0.25, 0.3) is 5.91 Å². The molecule has 28 heavy (non-hydrogen) atoms. The van der Waals surface area contributed by atoms with Crippen LogP contribution in [-0.4, -0.2) is 29.5 Å². The van der Waals surface area contributed by atoms with Crippen LogP contribution in [0.4, 0.5) is 0 Å². The summed E-state index contributed by atoms with van der Waals surface area (Å²) in [6, 6.07) is 11.6. The van der Waals surface area contributed by atoms with Crippen molar-refractivity contribution in [3.05, 3.63) is 69.5 Å². The monoisotopic (exact) mass is 380 g/mol.